The molecular formula is C32H30O4. The van der Waals surface area contributed by atoms with Gasteiger partial charge >= 0.3 is 5.97 Å². The number of carboxylic acid groups (broad SMARTS) is 1. The van der Waals surface area contributed by atoms with Crippen LogP contribution in [0.4, 0.5) is 0 Å². The molecule has 0 fully saturated rings. The summed E-state index contributed by atoms with van der Waals surface area (Å²) in [6.07, 6.45) is 2.19. The molecule has 0 aliphatic carbocycles. The fourth-order valence-electron chi connectivity index (χ4n) is 4.45. The summed E-state index contributed by atoms with van der Waals surface area (Å²) < 4.78 is 6.14. The normalized spacial score (nSPS) is 10.6. The second kappa shape index (κ2) is 12.0. The number of aryl methyl sites for hydroxylation is 1. The number of aromatic carboxylic acids is 1. The number of rotatable bonds is 7. The van der Waals surface area contributed by atoms with E-state index in [0.717, 1.165) is 24.2 Å². The zero-order valence-electron chi connectivity index (χ0n) is 20.4. The number of benzene rings is 5. The Morgan fingerprint density at radius 1 is 0.722 bits per heavy atom. The van der Waals surface area contributed by atoms with Crippen LogP contribution in [0.2, 0.25) is 0 Å². The topological polar surface area (TPSA) is 66.8 Å². The van der Waals surface area contributed by atoms with Crippen molar-refractivity contribution in [3.63, 3.8) is 0 Å². The van der Waals surface area contributed by atoms with Gasteiger partial charge in [-0.05, 0) is 63.4 Å². The van der Waals surface area contributed by atoms with E-state index in [1.807, 2.05) is 24.3 Å². The van der Waals surface area contributed by atoms with Gasteiger partial charge in [0, 0.05) is 5.56 Å². The van der Waals surface area contributed by atoms with Gasteiger partial charge in [-0.3, -0.25) is 0 Å². The summed E-state index contributed by atoms with van der Waals surface area (Å²) in [5.74, 6) is -0.0945. The molecule has 0 radical (unpaired) electrons. The summed E-state index contributed by atoms with van der Waals surface area (Å²) in [6, 6.07) is 33.2. The Morgan fingerprint density at radius 2 is 1.28 bits per heavy atom. The van der Waals surface area contributed by atoms with Crippen LogP contribution >= 0.6 is 0 Å². The summed E-state index contributed by atoms with van der Waals surface area (Å²) in [6.45, 7) is 2.76. The predicted octanol–water partition coefficient (Wildman–Crippen LogP) is 7.40. The second-order valence-electron chi connectivity index (χ2n) is 8.56. The molecule has 0 amide bonds. The summed E-state index contributed by atoms with van der Waals surface area (Å²) >= 11 is 0. The van der Waals surface area contributed by atoms with Crippen LogP contribution in [0.3, 0.4) is 0 Å². The molecule has 0 spiro atoms. The van der Waals surface area contributed by atoms with Gasteiger partial charge in [-0.2, -0.15) is 0 Å². The van der Waals surface area contributed by atoms with Gasteiger partial charge in [0.25, 0.3) is 0 Å². The summed E-state index contributed by atoms with van der Waals surface area (Å²) in [7, 11) is 0. The first-order valence-corrected chi connectivity index (χ1v) is 12.1. The van der Waals surface area contributed by atoms with E-state index in [1.54, 1.807) is 30.3 Å². The Labute approximate surface area is 211 Å². The van der Waals surface area contributed by atoms with Crippen molar-refractivity contribution in [2.45, 2.75) is 33.0 Å². The quantitative estimate of drug-likeness (QED) is 0.239. The van der Waals surface area contributed by atoms with Crippen molar-refractivity contribution in [2.24, 2.45) is 0 Å². The van der Waals surface area contributed by atoms with E-state index in [4.69, 9.17) is 9.84 Å². The molecule has 0 atom stereocenters. The van der Waals surface area contributed by atoms with Crippen LogP contribution in [-0.2, 0) is 19.6 Å². The molecule has 36 heavy (non-hydrogen) atoms. The molecule has 0 aromatic heterocycles. The van der Waals surface area contributed by atoms with Gasteiger partial charge in [-0.1, -0.05) is 92.2 Å². The van der Waals surface area contributed by atoms with Gasteiger partial charge in [-0.15, -0.1) is 0 Å². The molecule has 182 valence electrons. The number of fused-ring (bicyclic) bond motifs is 2. The van der Waals surface area contributed by atoms with Crippen LogP contribution in [0.1, 0.15) is 40.4 Å². The van der Waals surface area contributed by atoms with Gasteiger partial charge in [0.1, 0.15) is 12.4 Å². The zero-order chi connectivity index (χ0) is 25.3. The number of carboxylic acids is 1. The number of hydrogen-bond donors (Lipinski definition) is 2. The maximum Gasteiger partial charge on any atom is 0.335 e. The van der Waals surface area contributed by atoms with E-state index in [1.165, 1.54) is 32.7 Å². The molecule has 0 bridgehead atoms. The van der Waals surface area contributed by atoms with Crippen molar-refractivity contribution in [3.05, 3.63) is 125 Å². The third-order valence-electron chi connectivity index (χ3n) is 6.14. The fourth-order valence-corrected chi connectivity index (χ4v) is 4.45. The first kappa shape index (κ1) is 25.0. The van der Waals surface area contributed by atoms with E-state index < -0.39 is 5.97 Å². The third kappa shape index (κ3) is 5.73. The van der Waals surface area contributed by atoms with Crippen molar-refractivity contribution in [2.75, 3.05) is 0 Å². The summed E-state index contributed by atoms with van der Waals surface area (Å²) in [5.41, 5.74) is 3.84. The Bertz CT molecular complexity index is 1400. The molecule has 0 aliphatic rings. The van der Waals surface area contributed by atoms with Gasteiger partial charge in [0.2, 0.25) is 0 Å². The van der Waals surface area contributed by atoms with Gasteiger partial charge in [0.05, 0.1) is 12.2 Å². The number of carbonyl (C=O) groups is 1. The summed E-state index contributed by atoms with van der Waals surface area (Å²) in [5, 5.41) is 22.9. The third-order valence-corrected chi connectivity index (χ3v) is 6.14. The average Bonchev–Trinajstić information content (AvgIpc) is 2.93. The molecule has 5 aromatic carbocycles. The van der Waals surface area contributed by atoms with E-state index in [9.17, 15) is 9.90 Å². The molecule has 0 heterocycles. The average molecular weight is 479 g/mol. The smallest absolute Gasteiger partial charge is 0.335 e. The molecule has 0 aliphatic heterocycles. The van der Waals surface area contributed by atoms with E-state index >= 15 is 0 Å². The van der Waals surface area contributed by atoms with E-state index in [-0.39, 0.29) is 6.61 Å². The van der Waals surface area contributed by atoms with Crippen molar-refractivity contribution in [1.82, 2.24) is 0 Å². The van der Waals surface area contributed by atoms with Crippen molar-refractivity contribution in [1.29, 1.82) is 0 Å². The monoisotopic (exact) mass is 478 g/mol. The summed E-state index contributed by atoms with van der Waals surface area (Å²) in [4.78, 5) is 10.2. The molecule has 4 heteroatoms. The van der Waals surface area contributed by atoms with Gasteiger partial charge < -0.3 is 14.9 Å². The fraction of sp³-hybridized carbons (Fsp3) is 0.156. The van der Waals surface area contributed by atoms with E-state index in [2.05, 4.69) is 55.5 Å². The van der Waals surface area contributed by atoms with Gasteiger partial charge in [0.15, 0.2) is 0 Å². The van der Waals surface area contributed by atoms with Crippen LogP contribution in [0, 0.1) is 0 Å². The Kier molecular flexibility index (Phi) is 8.32. The van der Waals surface area contributed by atoms with Crippen molar-refractivity contribution < 1.29 is 19.7 Å². The minimum absolute atomic E-state index is 0.0226. The van der Waals surface area contributed by atoms with Crippen LogP contribution in [0.25, 0.3) is 21.5 Å². The second-order valence-corrected chi connectivity index (χ2v) is 8.56. The van der Waals surface area contributed by atoms with Crippen molar-refractivity contribution >= 4 is 27.5 Å². The number of ether oxygens (including phenoxy) is 1. The molecule has 4 nitrogen and oxygen atoms in total. The minimum Gasteiger partial charge on any atom is -0.489 e. The maximum atomic E-state index is 10.2. The lowest BCUT2D eigenvalue weighted by Crippen LogP contribution is -2.01. The van der Waals surface area contributed by atoms with Crippen LogP contribution in [0.5, 0.6) is 5.75 Å². The number of aliphatic hydroxyl groups is 1. The molecule has 5 aromatic rings. The SMILES string of the molecule is CCCc1c2ccccc2c(COc2cccc(CO)c2)c2ccccc12.O=C(O)c1ccccc1. The molecule has 0 unspecified atom stereocenters. The Hall–Kier alpha value is -4.15. The van der Waals surface area contributed by atoms with Crippen molar-refractivity contribution in [3.8, 4) is 5.75 Å². The highest BCUT2D eigenvalue weighted by Gasteiger charge is 2.13. The number of aliphatic hydroxyl groups excluding tert-OH is 1. The minimum atomic E-state index is -0.879. The first-order chi connectivity index (χ1) is 17.6. The lowest BCUT2D eigenvalue weighted by molar-refractivity contribution is 0.0697. The maximum absolute atomic E-state index is 10.2. The molecule has 0 saturated carbocycles. The molecular weight excluding hydrogens is 448 g/mol. The molecule has 2 N–H and O–H groups in total. The number of hydrogen-bond acceptors (Lipinski definition) is 3. The highest BCUT2D eigenvalue weighted by Crippen LogP contribution is 2.34. The highest BCUT2D eigenvalue weighted by atomic mass is 16.5. The van der Waals surface area contributed by atoms with E-state index in [0.29, 0.717) is 12.2 Å². The van der Waals surface area contributed by atoms with Crippen LogP contribution in [-0.4, -0.2) is 16.2 Å². The largest absolute Gasteiger partial charge is 0.489 e. The highest BCUT2D eigenvalue weighted by molar-refractivity contribution is 6.05. The van der Waals surface area contributed by atoms with Gasteiger partial charge in [-0.25, -0.2) is 4.79 Å². The molecule has 0 saturated heterocycles. The Balaban J connectivity index is 0.000000286. The standard InChI is InChI=1S/C25H24O2.C7H6O2/c1-2-8-20-21-11-3-5-13-23(21)25(24-14-6-4-12-22(20)24)17-27-19-10-7-9-18(15-19)16-26;8-7(9)6-4-2-1-3-5-6/h3-7,9-15,26H,2,8,16-17H2,1H3;1-5H,(H,8,9). The van der Waals surface area contributed by atoms with Crippen LogP contribution < -0.4 is 4.74 Å². The predicted molar refractivity (Wildman–Crippen MR) is 146 cm³/mol. The lowest BCUT2D eigenvalue weighted by atomic mass is 9.90. The lowest BCUT2D eigenvalue weighted by Gasteiger charge is -2.17. The Morgan fingerprint density at radius 3 is 1.78 bits per heavy atom. The first-order valence-electron chi connectivity index (χ1n) is 12.1. The van der Waals surface area contributed by atoms with Crippen LogP contribution in [0.15, 0.2) is 103 Å². The zero-order valence-corrected chi connectivity index (χ0v) is 20.4. The molecule has 5 rings (SSSR count).